The summed E-state index contributed by atoms with van der Waals surface area (Å²) in [5.41, 5.74) is 22.3. The Morgan fingerprint density at radius 1 is 0.389 bits per heavy atom. The highest BCUT2D eigenvalue weighted by Crippen LogP contribution is 2.26. The van der Waals surface area contributed by atoms with Crippen molar-refractivity contribution in [1.29, 1.82) is 0 Å². The molecule has 0 rings (SSSR count). The molecule has 0 unspecified atom stereocenters. The number of rotatable bonds is 18. The van der Waals surface area contributed by atoms with Crippen LogP contribution in [0.2, 0.25) is 89.6 Å². The molecule has 0 fully saturated rings. The van der Waals surface area contributed by atoms with Crippen molar-refractivity contribution in [2.24, 2.45) is 22.9 Å². The Morgan fingerprint density at radius 2 is 0.583 bits per heavy atom. The lowest BCUT2D eigenvalue weighted by Crippen LogP contribution is -2.52. The van der Waals surface area contributed by atoms with Crippen LogP contribution in [-0.2, 0) is 12.3 Å². The lowest BCUT2D eigenvalue weighted by atomic mass is 10.5. The molecule has 0 saturated heterocycles. The quantitative estimate of drug-likeness (QED) is 0.137. The van der Waals surface area contributed by atoms with E-state index < -0.39 is 41.8 Å². The third kappa shape index (κ3) is 26.4. The van der Waals surface area contributed by atoms with Gasteiger partial charge in [-0.1, -0.05) is 14.9 Å². The van der Waals surface area contributed by atoms with E-state index in [2.05, 4.69) is 65.5 Å². The molecule has 0 aliphatic rings. The molecule has 0 saturated carbocycles. The number of hydrogen-bond donors (Lipinski definition) is 4. The molecule has 8 N–H and O–H groups in total. The van der Waals surface area contributed by atoms with E-state index in [1.807, 2.05) is 0 Å². The zero-order valence-electron chi connectivity index (χ0n) is 24.5. The predicted molar refractivity (Wildman–Crippen MR) is 178 cm³/mol. The predicted octanol–water partition coefficient (Wildman–Crippen LogP) is 6.21. The van der Waals surface area contributed by atoms with Gasteiger partial charge in [0.1, 0.15) is 0 Å². The van der Waals surface area contributed by atoms with Crippen molar-refractivity contribution in [2.75, 3.05) is 26.2 Å². The maximum Gasteiger partial charge on any atom is 0.311 e. The Morgan fingerprint density at radius 3 is 0.778 bits per heavy atom. The fourth-order valence-electron chi connectivity index (χ4n) is 4.41. The van der Waals surface area contributed by atoms with Crippen LogP contribution in [0.15, 0.2) is 0 Å². The van der Waals surface area contributed by atoms with Gasteiger partial charge in [-0.25, -0.2) is 0 Å². The van der Waals surface area contributed by atoms with Gasteiger partial charge in [-0.05, 0) is 142 Å². The molecule has 0 amide bonds. The first-order valence-electron chi connectivity index (χ1n) is 13.3. The summed E-state index contributed by atoms with van der Waals surface area (Å²) in [6, 6.07) is 4.60. The van der Waals surface area contributed by atoms with Crippen LogP contribution in [0.5, 0.6) is 0 Å². The first-order valence-corrected chi connectivity index (χ1v) is 28.5. The normalized spacial score (nSPS) is 12.8. The van der Waals surface area contributed by atoms with Gasteiger partial charge in [-0.15, -0.1) is 0 Å². The van der Waals surface area contributed by atoms with Crippen LogP contribution in [0.3, 0.4) is 0 Å². The molecule has 0 spiro atoms. The highest BCUT2D eigenvalue weighted by Gasteiger charge is 2.39. The largest absolute Gasteiger partial charge is 0.455 e. The molecular weight excluding hydrogens is 533 g/mol. The molecule has 7 nitrogen and oxygen atoms in total. The van der Waals surface area contributed by atoms with Gasteiger partial charge in [0.15, 0.2) is 33.3 Å². The van der Waals surface area contributed by atoms with Gasteiger partial charge in [-0.2, -0.15) is 0 Å². The molecule has 224 valence electrons. The Labute approximate surface area is 232 Å². The van der Waals surface area contributed by atoms with Crippen molar-refractivity contribution in [1.82, 2.24) is 0 Å². The topological polar surface area (TPSA) is 132 Å². The number of nitrogens with two attached hydrogens (primary N) is 4. The van der Waals surface area contributed by atoms with Crippen molar-refractivity contribution < 1.29 is 12.3 Å². The molecule has 12 heteroatoms. The Hall–Kier alpha value is 0.804. The summed E-state index contributed by atoms with van der Waals surface area (Å²) in [4.78, 5) is 0. The molecule has 36 heavy (non-hydrogen) atoms. The Balaban J connectivity index is -0.000000276. The molecule has 0 aromatic rings. The molecule has 0 aromatic heterocycles. The fraction of sp³-hybridized carbons (Fsp3) is 1.00. The summed E-state index contributed by atoms with van der Waals surface area (Å²) >= 11 is 0. The summed E-state index contributed by atoms with van der Waals surface area (Å²) in [7, 11) is -8.24. The highest BCUT2D eigenvalue weighted by atomic mass is 28.5. The lowest BCUT2D eigenvalue weighted by molar-refractivity contribution is 0.387. The maximum atomic E-state index is 6.45. The van der Waals surface area contributed by atoms with Crippen molar-refractivity contribution in [3.8, 4) is 0 Å². The zero-order valence-corrected chi connectivity index (χ0v) is 29.5. The summed E-state index contributed by atoms with van der Waals surface area (Å²) < 4.78 is 19.3. The van der Waals surface area contributed by atoms with Gasteiger partial charge in [0.25, 0.3) is 0 Å². The SMILES string of the molecule is C.C.C[Si](C)(CCCN)O[Si](C)(C)CCCN.C[Si](C)(CCCN)O[Si](C)(C)O[Si](C)(C)CCCN. The van der Waals surface area contributed by atoms with Gasteiger partial charge in [0.05, 0.1) is 0 Å². The van der Waals surface area contributed by atoms with E-state index in [4.69, 9.17) is 35.3 Å². The van der Waals surface area contributed by atoms with E-state index in [1.54, 1.807) is 0 Å². The molecule has 0 aromatic carbocycles. The summed E-state index contributed by atoms with van der Waals surface area (Å²) in [6.07, 6.45) is 4.30. The molecule has 0 aliphatic heterocycles. The zero-order chi connectivity index (χ0) is 27.1. The fourth-order valence-corrected chi connectivity index (χ4v) is 27.4. The minimum atomic E-state index is -2.03. The van der Waals surface area contributed by atoms with Gasteiger partial charge < -0.3 is 35.3 Å². The van der Waals surface area contributed by atoms with Crippen LogP contribution in [0, 0.1) is 0 Å². The second-order valence-corrected chi connectivity index (χ2v) is 33.6. The minimum Gasteiger partial charge on any atom is -0.455 e. The second-order valence-electron chi connectivity index (χ2n) is 12.3. The van der Waals surface area contributed by atoms with Gasteiger partial charge in [0.2, 0.25) is 0 Å². The van der Waals surface area contributed by atoms with Gasteiger partial charge in [0, 0.05) is 0 Å². The molecule has 0 heterocycles. The standard InChI is InChI=1S/C12H34N2O2Si3.C10H28N2OSi2.2CH4/c1-17(2,11-7-9-13)15-19(5,6)16-18(3,4)12-8-10-14;1-14(2,9-5-7-11)13-15(3,4)10-6-8-12;;/h7-14H2,1-6H3;5-12H2,1-4H3;2*1H4. The van der Waals surface area contributed by atoms with Crippen molar-refractivity contribution in [2.45, 2.75) is 130 Å². The second kappa shape index (κ2) is 20.7. The minimum absolute atomic E-state index is 0. The van der Waals surface area contributed by atoms with E-state index >= 15 is 0 Å². The average Bonchev–Trinajstić information content (AvgIpc) is 2.66. The first-order chi connectivity index (χ1) is 15.4. The van der Waals surface area contributed by atoms with Gasteiger partial charge >= 0.3 is 8.56 Å². The Bertz CT molecular complexity index is 484. The van der Waals surface area contributed by atoms with E-state index in [-0.39, 0.29) is 14.9 Å². The van der Waals surface area contributed by atoms with Crippen LogP contribution in [-0.4, -0.2) is 68.0 Å². The summed E-state index contributed by atoms with van der Waals surface area (Å²) in [5, 5.41) is 0. The molecule has 0 atom stereocenters. The van der Waals surface area contributed by atoms with Crippen molar-refractivity contribution in [3.05, 3.63) is 0 Å². The molecule has 0 radical (unpaired) electrons. The summed E-state index contributed by atoms with van der Waals surface area (Å²) in [6.45, 7) is 25.7. The van der Waals surface area contributed by atoms with Crippen molar-refractivity contribution in [3.63, 3.8) is 0 Å². The average molecular weight is 603 g/mol. The van der Waals surface area contributed by atoms with Crippen LogP contribution < -0.4 is 22.9 Å². The third-order valence-electron chi connectivity index (χ3n) is 5.53. The molecular formula is C24H70N4O3Si5. The number of hydrogen-bond acceptors (Lipinski definition) is 7. The van der Waals surface area contributed by atoms with Crippen LogP contribution in [0.1, 0.15) is 40.5 Å². The Kier molecular flexibility index (Phi) is 25.2. The van der Waals surface area contributed by atoms with Crippen LogP contribution in [0.4, 0.5) is 0 Å². The monoisotopic (exact) mass is 602 g/mol. The van der Waals surface area contributed by atoms with Crippen LogP contribution >= 0.6 is 0 Å². The lowest BCUT2D eigenvalue weighted by Gasteiger charge is -2.38. The van der Waals surface area contributed by atoms with E-state index in [0.29, 0.717) is 0 Å². The molecule has 0 aliphatic carbocycles. The van der Waals surface area contributed by atoms with E-state index in [9.17, 15) is 0 Å². The van der Waals surface area contributed by atoms with Crippen LogP contribution in [0.25, 0.3) is 0 Å². The van der Waals surface area contributed by atoms with Gasteiger partial charge in [-0.3, -0.25) is 0 Å². The highest BCUT2D eigenvalue weighted by molar-refractivity contribution is 6.88. The maximum absolute atomic E-state index is 6.45. The van der Waals surface area contributed by atoms with E-state index in [0.717, 1.165) is 64.0 Å². The first kappa shape index (κ1) is 43.8. The smallest absolute Gasteiger partial charge is 0.311 e. The van der Waals surface area contributed by atoms with E-state index in [1.165, 1.54) is 12.1 Å². The van der Waals surface area contributed by atoms with Crippen molar-refractivity contribution >= 4 is 41.8 Å². The third-order valence-corrected chi connectivity index (χ3v) is 24.5. The molecule has 0 bridgehead atoms. The summed E-state index contributed by atoms with van der Waals surface area (Å²) in [5.74, 6) is 0.